The molecular weight excluding hydrogens is 264 g/mol. The van der Waals surface area contributed by atoms with Crippen molar-refractivity contribution in [2.75, 3.05) is 38.1 Å². The lowest BCUT2D eigenvalue weighted by atomic mass is 10.2. The first-order chi connectivity index (χ1) is 10.2. The van der Waals surface area contributed by atoms with E-state index in [1.807, 2.05) is 22.9 Å². The Labute approximate surface area is 127 Å². The molecule has 116 valence electrons. The van der Waals surface area contributed by atoms with Crippen LogP contribution in [0.3, 0.4) is 0 Å². The van der Waals surface area contributed by atoms with Gasteiger partial charge in [0.1, 0.15) is 5.82 Å². The van der Waals surface area contributed by atoms with Gasteiger partial charge < -0.3 is 15.1 Å². The van der Waals surface area contributed by atoms with Crippen LogP contribution in [0.5, 0.6) is 0 Å². The maximum Gasteiger partial charge on any atom is 0.242 e. The molecule has 2 heterocycles. The monoisotopic (exact) mass is 290 g/mol. The minimum Gasteiger partial charge on any atom is -0.350 e. The minimum absolute atomic E-state index is 0.202. The molecule has 0 atom stereocenters. The highest BCUT2D eigenvalue weighted by molar-refractivity contribution is 5.81. The third-order valence-electron chi connectivity index (χ3n) is 3.80. The first-order valence-electron chi connectivity index (χ1n) is 7.86. The molecule has 1 aromatic rings. The van der Waals surface area contributed by atoms with Gasteiger partial charge in [-0.25, -0.2) is 4.98 Å². The molecule has 1 saturated heterocycles. The number of hydrogen-bond acceptors (Lipinski definition) is 4. The van der Waals surface area contributed by atoms with Crippen molar-refractivity contribution in [1.82, 2.24) is 15.2 Å². The summed E-state index contributed by atoms with van der Waals surface area (Å²) in [6.45, 7) is 6.14. The van der Waals surface area contributed by atoms with Gasteiger partial charge in [0.2, 0.25) is 5.91 Å². The van der Waals surface area contributed by atoms with Crippen molar-refractivity contribution in [2.45, 2.75) is 32.7 Å². The van der Waals surface area contributed by atoms with Gasteiger partial charge in [-0.05, 0) is 31.9 Å². The van der Waals surface area contributed by atoms with Crippen molar-refractivity contribution in [3.8, 4) is 0 Å². The fraction of sp³-hybridized carbons (Fsp3) is 0.625. The number of amides is 1. The first kappa shape index (κ1) is 15.8. The van der Waals surface area contributed by atoms with E-state index in [-0.39, 0.29) is 5.91 Å². The number of aromatic nitrogens is 1. The average Bonchev–Trinajstić information content (AvgIpc) is 3.02. The highest BCUT2D eigenvalue weighted by Crippen LogP contribution is 2.16. The number of carbonyl (C=O) groups is 1. The number of anilines is 1. The smallest absolute Gasteiger partial charge is 0.242 e. The summed E-state index contributed by atoms with van der Waals surface area (Å²) < 4.78 is 0. The topological polar surface area (TPSA) is 48.5 Å². The highest BCUT2D eigenvalue weighted by atomic mass is 16.2. The van der Waals surface area contributed by atoms with Crippen LogP contribution >= 0.6 is 0 Å². The molecular formula is C16H26N4O. The second-order valence-corrected chi connectivity index (χ2v) is 5.61. The maximum atomic E-state index is 12.2. The predicted octanol–water partition coefficient (Wildman–Crippen LogP) is 1.64. The largest absolute Gasteiger partial charge is 0.350 e. The Kier molecular flexibility index (Phi) is 5.99. The van der Waals surface area contributed by atoms with E-state index in [0.717, 1.165) is 56.8 Å². The summed E-state index contributed by atoms with van der Waals surface area (Å²) >= 11 is 0. The number of rotatable bonds is 7. The van der Waals surface area contributed by atoms with E-state index >= 15 is 0 Å². The Hall–Kier alpha value is -1.62. The summed E-state index contributed by atoms with van der Waals surface area (Å²) in [5, 5.41) is 3.39. The fourth-order valence-corrected chi connectivity index (χ4v) is 2.66. The van der Waals surface area contributed by atoms with E-state index in [0.29, 0.717) is 6.54 Å². The third-order valence-corrected chi connectivity index (χ3v) is 3.80. The minimum atomic E-state index is 0.202. The zero-order valence-electron chi connectivity index (χ0n) is 13.1. The number of pyridine rings is 1. The maximum absolute atomic E-state index is 12.2. The molecule has 1 amide bonds. The molecule has 1 fully saturated rings. The van der Waals surface area contributed by atoms with Gasteiger partial charge in [-0.3, -0.25) is 4.79 Å². The Morgan fingerprint density at radius 2 is 2.19 bits per heavy atom. The van der Waals surface area contributed by atoms with Crippen LogP contribution in [-0.4, -0.2) is 49.0 Å². The van der Waals surface area contributed by atoms with Crippen LogP contribution in [0.25, 0.3) is 0 Å². The van der Waals surface area contributed by atoms with Gasteiger partial charge in [-0.15, -0.1) is 0 Å². The Morgan fingerprint density at radius 1 is 1.43 bits per heavy atom. The van der Waals surface area contributed by atoms with Crippen LogP contribution in [0.1, 0.15) is 31.7 Å². The zero-order valence-corrected chi connectivity index (χ0v) is 13.1. The average molecular weight is 290 g/mol. The van der Waals surface area contributed by atoms with E-state index in [2.05, 4.69) is 23.3 Å². The van der Waals surface area contributed by atoms with Crippen LogP contribution in [-0.2, 0) is 11.3 Å². The summed E-state index contributed by atoms with van der Waals surface area (Å²) in [7, 11) is 1.94. The molecule has 5 nitrogen and oxygen atoms in total. The Morgan fingerprint density at radius 3 is 2.90 bits per heavy atom. The summed E-state index contributed by atoms with van der Waals surface area (Å²) in [4.78, 5) is 20.6. The van der Waals surface area contributed by atoms with E-state index in [1.165, 1.54) is 0 Å². The number of likely N-dealkylation sites (tertiary alicyclic amines) is 1. The second-order valence-electron chi connectivity index (χ2n) is 5.61. The number of nitrogens with zero attached hydrogens (tertiary/aromatic N) is 3. The van der Waals surface area contributed by atoms with Crippen molar-refractivity contribution < 1.29 is 4.79 Å². The molecule has 0 spiro atoms. The van der Waals surface area contributed by atoms with Gasteiger partial charge >= 0.3 is 0 Å². The molecule has 1 aromatic heterocycles. The summed E-state index contributed by atoms with van der Waals surface area (Å²) in [6, 6.07) is 4.02. The SMILES string of the molecule is CCCNCc1cccnc1N(C)CC(=O)N1CCCC1. The van der Waals surface area contributed by atoms with Gasteiger partial charge in [0.15, 0.2) is 0 Å². The van der Waals surface area contributed by atoms with Gasteiger partial charge in [0, 0.05) is 38.4 Å². The van der Waals surface area contributed by atoms with Crippen molar-refractivity contribution in [3.05, 3.63) is 23.9 Å². The Balaban J connectivity index is 1.97. The highest BCUT2D eigenvalue weighted by Gasteiger charge is 2.20. The number of carbonyl (C=O) groups excluding carboxylic acids is 1. The van der Waals surface area contributed by atoms with Crippen LogP contribution in [0, 0.1) is 0 Å². The van der Waals surface area contributed by atoms with E-state index in [1.54, 1.807) is 6.20 Å². The normalized spacial score (nSPS) is 14.5. The van der Waals surface area contributed by atoms with Gasteiger partial charge in [-0.2, -0.15) is 0 Å². The zero-order chi connectivity index (χ0) is 15.1. The molecule has 2 rings (SSSR count). The number of likely N-dealkylation sites (N-methyl/N-ethyl adjacent to an activating group) is 1. The number of nitrogens with one attached hydrogen (secondary N) is 1. The molecule has 0 unspecified atom stereocenters. The van der Waals surface area contributed by atoms with Crippen LogP contribution in [0.15, 0.2) is 18.3 Å². The van der Waals surface area contributed by atoms with Crippen molar-refractivity contribution in [2.24, 2.45) is 0 Å². The first-order valence-corrected chi connectivity index (χ1v) is 7.86. The molecule has 1 aliphatic heterocycles. The molecule has 0 aliphatic carbocycles. The Bertz CT molecular complexity index is 457. The lowest BCUT2D eigenvalue weighted by molar-refractivity contribution is -0.128. The molecule has 1 N–H and O–H groups in total. The van der Waals surface area contributed by atoms with Gasteiger partial charge in [-0.1, -0.05) is 13.0 Å². The lowest BCUT2D eigenvalue weighted by Crippen LogP contribution is -2.38. The van der Waals surface area contributed by atoms with Crippen molar-refractivity contribution >= 4 is 11.7 Å². The molecule has 0 radical (unpaired) electrons. The summed E-state index contributed by atoms with van der Waals surface area (Å²) in [6.07, 6.45) is 5.16. The predicted molar refractivity (Wildman–Crippen MR) is 85.3 cm³/mol. The van der Waals surface area contributed by atoms with Crippen LogP contribution in [0.4, 0.5) is 5.82 Å². The van der Waals surface area contributed by atoms with E-state index in [4.69, 9.17) is 0 Å². The third kappa shape index (κ3) is 4.43. The quantitative estimate of drug-likeness (QED) is 0.776. The molecule has 1 aliphatic rings. The molecule has 5 heteroatoms. The molecule has 21 heavy (non-hydrogen) atoms. The standard InChI is InChI=1S/C16H26N4O/c1-3-8-17-12-14-7-6-9-18-16(14)19(2)13-15(21)20-10-4-5-11-20/h6-7,9,17H,3-5,8,10-13H2,1-2H3. The summed E-state index contributed by atoms with van der Waals surface area (Å²) in [5.41, 5.74) is 1.14. The van der Waals surface area contributed by atoms with Crippen molar-refractivity contribution in [1.29, 1.82) is 0 Å². The number of hydrogen-bond donors (Lipinski definition) is 1. The molecule has 0 aromatic carbocycles. The summed E-state index contributed by atoms with van der Waals surface area (Å²) in [5.74, 6) is 1.10. The molecule has 0 saturated carbocycles. The lowest BCUT2D eigenvalue weighted by Gasteiger charge is -2.24. The van der Waals surface area contributed by atoms with Gasteiger partial charge in [0.25, 0.3) is 0 Å². The fourth-order valence-electron chi connectivity index (χ4n) is 2.66. The van der Waals surface area contributed by atoms with Crippen LogP contribution < -0.4 is 10.2 Å². The van der Waals surface area contributed by atoms with E-state index in [9.17, 15) is 4.79 Å². The van der Waals surface area contributed by atoms with E-state index < -0.39 is 0 Å². The van der Waals surface area contributed by atoms with Crippen LogP contribution in [0.2, 0.25) is 0 Å². The second kappa shape index (κ2) is 7.98. The molecule has 0 bridgehead atoms. The van der Waals surface area contributed by atoms with Gasteiger partial charge in [0.05, 0.1) is 6.54 Å². The van der Waals surface area contributed by atoms with Crippen molar-refractivity contribution in [3.63, 3.8) is 0 Å².